The normalized spacial score (nSPS) is 18.4. The van der Waals surface area contributed by atoms with E-state index in [0.29, 0.717) is 19.0 Å². The maximum Gasteiger partial charge on any atom is 0.238 e. The average molecular weight is 285 g/mol. The third-order valence-electron chi connectivity index (χ3n) is 3.57. The molecular formula is C12H23N5O3. The number of nitrogens with two attached hydrogens (primary N) is 1. The van der Waals surface area contributed by atoms with E-state index in [2.05, 4.69) is 5.16 Å². The van der Waals surface area contributed by atoms with Crippen molar-refractivity contribution in [2.45, 2.75) is 20.8 Å². The van der Waals surface area contributed by atoms with Crippen LogP contribution in [0.15, 0.2) is 5.16 Å². The van der Waals surface area contributed by atoms with Crippen LogP contribution in [0.3, 0.4) is 0 Å². The Bertz CT molecular complexity index is 421. The van der Waals surface area contributed by atoms with E-state index in [4.69, 9.17) is 10.9 Å². The maximum atomic E-state index is 12.6. The highest BCUT2D eigenvalue weighted by Gasteiger charge is 2.38. The van der Waals surface area contributed by atoms with Crippen LogP contribution in [0.5, 0.6) is 0 Å². The lowest BCUT2D eigenvalue weighted by Gasteiger charge is -2.43. The Morgan fingerprint density at radius 2 is 1.80 bits per heavy atom. The van der Waals surface area contributed by atoms with Crippen LogP contribution in [0.25, 0.3) is 0 Å². The van der Waals surface area contributed by atoms with E-state index < -0.39 is 5.41 Å². The summed E-state index contributed by atoms with van der Waals surface area (Å²) < 4.78 is 0. The molecule has 8 heteroatoms. The van der Waals surface area contributed by atoms with E-state index in [-0.39, 0.29) is 25.0 Å². The van der Waals surface area contributed by atoms with Crippen LogP contribution in [-0.4, -0.2) is 71.0 Å². The molecule has 0 radical (unpaired) electrons. The fourth-order valence-electron chi connectivity index (χ4n) is 2.01. The first kappa shape index (κ1) is 16.4. The van der Waals surface area contributed by atoms with Crippen LogP contribution in [0, 0.1) is 5.41 Å². The molecule has 0 bridgehead atoms. The van der Waals surface area contributed by atoms with Gasteiger partial charge in [-0.05, 0) is 27.8 Å². The van der Waals surface area contributed by atoms with Crippen LogP contribution in [-0.2, 0) is 9.59 Å². The van der Waals surface area contributed by atoms with E-state index >= 15 is 0 Å². The smallest absolute Gasteiger partial charge is 0.238 e. The molecule has 20 heavy (non-hydrogen) atoms. The molecule has 1 aliphatic heterocycles. The fraction of sp³-hybridized carbons (Fsp3) is 0.750. The topological polar surface area (TPSA) is 102 Å². The zero-order chi connectivity index (χ0) is 15.5. The first-order valence-corrected chi connectivity index (χ1v) is 6.39. The third kappa shape index (κ3) is 3.26. The number of hydrogen-bond donors (Lipinski definition) is 2. The molecule has 114 valence electrons. The fourth-order valence-corrected chi connectivity index (χ4v) is 2.01. The minimum absolute atomic E-state index is 0.0869. The van der Waals surface area contributed by atoms with Crippen molar-refractivity contribution < 1.29 is 14.8 Å². The predicted molar refractivity (Wildman–Crippen MR) is 73.8 cm³/mol. The summed E-state index contributed by atoms with van der Waals surface area (Å²) in [7, 11) is 1.82. The lowest BCUT2D eigenvalue weighted by atomic mass is 9.86. The summed E-state index contributed by atoms with van der Waals surface area (Å²) in [6, 6.07) is 0. The molecule has 1 saturated heterocycles. The molecule has 0 saturated carbocycles. The number of carbonyl (C=O) groups excluding carboxylic acids is 2. The van der Waals surface area contributed by atoms with Gasteiger partial charge in [-0.15, -0.1) is 0 Å². The van der Waals surface area contributed by atoms with Crippen LogP contribution in [0.2, 0.25) is 0 Å². The Labute approximate surface area is 118 Å². The number of hydrogen-bond acceptors (Lipinski definition) is 6. The second-order valence-corrected chi connectivity index (χ2v) is 5.57. The molecule has 0 aromatic heterocycles. The lowest BCUT2D eigenvalue weighted by Crippen LogP contribution is -2.60. The minimum atomic E-state index is -0.926. The summed E-state index contributed by atoms with van der Waals surface area (Å²) in [6.07, 6.45) is 0. The van der Waals surface area contributed by atoms with Gasteiger partial charge in [-0.2, -0.15) is 0 Å². The molecule has 0 aromatic carbocycles. The molecule has 2 amide bonds. The Balaban J connectivity index is 2.90. The summed E-state index contributed by atoms with van der Waals surface area (Å²) in [5, 5.41) is 12.0. The van der Waals surface area contributed by atoms with Crippen molar-refractivity contribution in [1.29, 1.82) is 0 Å². The number of nitrogens with zero attached hydrogens (tertiary/aromatic N) is 4. The van der Waals surface area contributed by atoms with Gasteiger partial charge in [0.25, 0.3) is 0 Å². The Kier molecular flexibility index (Phi) is 5.07. The predicted octanol–water partition coefficient (Wildman–Crippen LogP) is -0.703. The largest absolute Gasteiger partial charge is 0.411 e. The van der Waals surface area contributed by atoms with Crippen LogP contribution in [0.4, 0.5) is 0 Å². The highest BCUT2D eigenvalue weighted by molar-refractivity contribution is 6.06. The molecule has 0 atom stereocenters. The van der Waals surface area contributed by atoms with E-state index in [1.807, 2.05) is 11.9 Å². The number of carbonyl (C=O) groups is 2. The SMILES string of the molecule is CC(=NO)C(C)(C)C(=O)N1CN(C)CN(C(=O)CN)C1. The summed E-state index contributed by atoms with van der Waals surface area (Å²) >= 11 is 0. The maximum absolute atomic E-state index is 12.6. The summed E-state index contributed by atoms with van der Waals surface area (Å²) in [5.74, 6) is -0.408. The van der Waals surface area contributed by atoms with Gasteiger partial charge in [0.1, 0.15) is 0 Å². The van der Waals surface area contributed by atoms with Gasteiger partial charge < -0.3 is 20.7 Å². The molecule has 1 fully saturated rings. The van der Waals surface area contributed by atoms with Gasteiger partial charge in [0, 0.05) is 0 Å². The van der Waals surface area contributed by atoms with Crippen LogP contribution >= 0.6 is 0 Å². The van der Waals surface area contributed by atoms with Crippen LogP contribution in [0.1, 0.15) is 20.8 Å². The summed E-state index contributed by atoms with van der Waals surface area (Å²) in [5.41, 5.74) is 4.76. The van der Waals surface area contributed by atoms with Crippen molar-refractivity contribution >= 4 is 17.5 Å². The molecule has 0 aliphatic carbocycles. The van der Waals surface area contributed by atoms with Crippen molar-refractivity contribution in [3.63, 3.8) is 0 Å². The summed E-state index contributed by atoms with van der Waals surface area (Å²) in [6.45, 7) is 5.93. The molecule has 1 aliphatic rings. The second kappa shape index (κ2) is 6.19. The quantitative estimate of drug-likeness (QED) is 0.405. The highest BCUT2D eigenvalue weighted by Crippen LogP contribution is 2.23. The molecule has 1 heterocycles. The second-order valence-electron chi connectivity index (χ2n) is 5.57. The van der Waals surface area contributed by atoms with Gasteiger partial charge in [0.05, 0.1) is 37.7 Å². The minimum Gasteiger partial charge on any atom is -0.411 e. The Morgan fingerprint density at radius 3 is 2.30 bits per heavy atom. The van der Waals surface area contributed by atoms with Crippen molar-refractivity contribution in [2.75, 3.05) is 33.6 Å². The number of amides is 2. The van der Waals surface area contributed by atoms with E-state index in [9.17, 15) is 9.59 Å². The van der Waals surface area contributed by atoms with Gasteiger partial charge >= 0.3 is 0 Å². The molecule has 8 nitrogen and oxygen atoms in total. The molecule has 0 aromatic rings. The van der Waals surface area contributed by atoms with Crippen molar-refractivity contribution in [1.82, 2.24) is 14.7 Å². The van der Waals surface area contributed by atoms with Gasteiger partial charge in [-0.1, -0.05) is 5.16 Å². The highest BCUT2D eigenvalue weighted by atomic mass is 16.4. The Hall–Kier alpha value is -1.67. The standard InChI is InChI=1S/C12H23N5O3/c1-9(14-20)12(2,3)11(19)17-7-15(4)6-16(8-17)10(18)5-13/h20H,5-8,13H2,1-4H3. The average Bonchev–Trinajstić information content (AvgIpc) is 2.43. The first-order chi connectivity index (χ1) is 9.23. The van der Waals surface area contributed by atoms with Gasteiger partial charge in [-0.3, -0.25) is 14.5 Å². The van der Waals surface area contributed by atoms with Gasteiger partial charge in [0.2, 0.25) is 11.8 Å². The zero-order valence-corrected chi connectivity index (χ0v) is 12.5. The summed E-state index contributed by atoms with van der Waals surface area (Å²) in [4.78, 5) is 29.2. The van der Waals surface area contributed by atoms with Gasteiger partial charge in [-0.25, -0.2) is 0 Å². The molecule has 3 N–H and O–H groups in total. The van der Waals surface area contributed by atoms with Crippen LogP contribution < -0.4 is 5.73 Å². The first-order valence-electron chi connectivity index (χ1n) is 6.39. The monoisotopic (exact) mass is 285 g/mol. The van der Waals surface area contributed by atoms with E-state index in [1.54, 1.807) is 25.7 Å². The van der Waals surface area contributed by atoms with Gasteiger partial charge in [0.15, 0.2) is 0 Å². The molecule has 1 rings (SSSR count). The van der Waals surface area contributed by atoms with Crippen molar-refractivity contribution in [3.05, 3.63) is 0 Å². The lowest BCUT2D eigenvalue weighted by molar-refractivity contribution is -0.153. The van der Waals surface area contributed by atoms with Crippen molar-refractivity contribution in [3.8, 4) is 0 Å². The number of rotatable bonds is 3. The molecular weight excluding hydrogens is 262 g/mol. The van der Waals surface area contributed by atoms with E-state index in [0.717, 1.165) is 0 Å². The molecule has 0 spiro atoms. The van der Waals surface area contributed by atoms with E-state index in [1.165, 1.54) is 4.90 Å². The Morgan fingerprint density at radius 1 is 1.25 bits per heavy atom. The zero-order valence-electron chi connectivity index (χ0n) is 12.5. The molecule has 0 unspecified atom stereocenters. The van der Waals surface area contributed by atoms with Crippen molar-refractivity contribution in [2.24, 2.45) is 16.3 Å². The third-order valence-corrected chi connectivity index (χ3v) is 3.57. The number of oxime groups is 1.